The Bertz CT molecular complexity index is 2890. The molecule has 0 spiro atoms. The first-order valence-corrected chi connectivity index (χ1v) is 17.1. The molecule has 3 heterocycles. The number of nitrogens with zero attached hydrogens (tertiary/aromatic N) is 4. The predicted octanol–water partition coefficient (Wildman–Crippen LogP) is 11.8. The van der Waals surface area contributed by atoms with E-state index in [1.54, 1.807) is 0 Å². The summed E-state index contributed by atoms with van der Waals surface area (Å²) in [5.74, 6) is 1.96. The van der Waals surface area contributed by atoms with Crippen molar-refractivity contribution < 1.29 is 0 Å². The second-order valence-electron chi connectivity index (χ2n) is 12.3. The van der Waals surface area contributed by atoms with Gasteiger partial charge in [-0.05, 0) is 56.3 Å². The fourth-order valence-electron chi connectivity index (χ4n) is 7.02. The Balaban J connectivity index is 1.12. The standard InChI is InChI=1S/C44H26N4S/c1-2-9-28(10-3-1)42-46-43(31-17-16-27-8-4-5-11-29(27)24-31)48-44(47-42)32-18-19-33-30(25-32)12-6-13-34(33)35-14-7-15-38-36(35)20-21-39-37-22-23-45-26-40(37)49-41(38)39/h1-26H. The summed E-state index contributed by atoms with van der Waals surface area (Å²) >= 11 is 1.82. The minimum atomic E-state index is 0.649. The maximum absolute atomic E-state index is 5.06. The van der Waals surface area contributed by atoms with Crippen LogP contribution in [0.2, 0.25) is 0 Å². The Morgan fingerprint density at radius 1 is 0.388 bits per heavy atom. The summed E-state index contributed by atoms with van der Waals surface area (Å²) in [5.41, 5.74) is 5.29. The molecule has 0 saturated carbocycles. The fraction of sp³-hybridized carbons (Fsp3) is 0. The molecule has 0 atom stereocenters. The van der Waals surface area contributed by atoms with Crippen molar-refractivity contribution in [2.75, 3.05) is 0 Å². The van der Waals surface area contributed by atoms with Crippen molar-refractivity contribution in [2.45, 2.75) is 0 Å². The lowest BCUT2D eigenvalue weighted by atomic mass is 9.92. The predicted molar refractivity (Wildman–Crippen MR) is 205 cm³/mol. The molecule has 10 rings (SSSR count). The molecule has 10 aromatic rings. The molecule has 0 aliphatic heterocycles. The molecule has 0 unspecified atom stereocenters. The van der Waals surface area contributed by atoms with Crippen molar-refractivity contribution in [1.82, 2.24) is 19.9 Å². The molecule has 5 heteroatoms. The highest BCUT2D eigenvalue weighted by Gasteiger charge is 2.16. The highest BCUT2D eigenvalue weighted by Crippen LogP contribution is 2.42. The lowest BCUT2D eigenvalue weighted by molar-refractivity contribution is 1.08. The van der Waals surface area contributed by atoms with E-state index in [9.17, 15) is 0 Å². The summed E-state index contributed by atoms with van der Waals surface area (Å²) in [5, 5.41) is 9.72. The van der Waals surface area contributed by atoms with Crippen molar-refractivity contribution in [3.8, 4) is 45.3 Å². The summed E-state index contributed by atoms with van der Waals surface area (Å²) in [6.07, 6.45) is 3.85. The van der Waals surface area contributed by atoms with Gasteiger partial charge >= 0.3 is 0 Å². The van der Waals surface area contributed by atoms with Gasteiger partial charge in [0.25, 0.3) is 0 Å². The smallest absolute Gasteiger partial charge is 0.164 e. The Morgan fingerprint density at radius 2 is 1.00 bits per heavy atom. The van der Waals surface area contributed by atoms with E-state index in [0.29, 0.717) is 17.5 Å². The van der Waals surface area contributed by atoms with Crippen LogP contribution in [0.25, 0.3) is 97.8 Å². The minimum Gasteiger partial charge on any atom is -0.263 e. The van der Waals surface area contributed by atoms with Gasteiger partial charge in [0.1, 0.15) is 0 Å². The van der Waals surface area contributed by atoms with Crippen molar-refractivity contribution in [2.24, 2.45) is 0 Å². The number of benzene rings is 7. The van der Waals surface area contributed by atoms with E-state index in [0.717, 1.165) is 27.5 Å². The number of pyridine rings is 1. The summed E-state index contributed by atoms with van der Waals surface area (Å²) in [7, 11) is 0. The molecule has 0 fully saturated rings. The van der Waals surface area contributed by atoms with Crippen LogP contribution in [0.4, 0.5) is 0 Å². The van der Waals surface area contributed by atoms with E-state index in [1.807, 2.05) is 54.1 Å². The number of thiophene rings is 1. The van der Waals surface area contributed by atoms with Gasteiger partial charge in [0.05, 0.1) is 4.70 Å². The molecule has 0 aliphatic carbocycles. The molecule has 4 nitrogen and oxygen atoms in total. The summed E-state index contributed by atoms with van der Waals surface area (Å²) in [4.78, 5) is 19.4. The zero-order valence-electron chi connectivity index (χ0n) is 26.2. The molecule has 0 N–H and O–H groups in total. The molecule has 7 aromatic carbocycles. The SMILES string of the molecule is c1ccc(-c2nc(-c3ccc4ccccc4c3)nc(-c3ccc4c(-c5cccc6c5ccc5c7ccncc7sc65)cccc4c3)n2)cc1. The van der Waals surface area contributed by atoms with Crippen LogP contribution < -0.4 is 0 Å². The minimum absolute atomic E-state index is 0.649. The van der Waals surface area contributed by atoms with Gasteiger partial charge in [0.15, 0.2) is 17.5 Å². The van der Waals surface area contributed by atoms with Crippen LogP contribution in [-0.2, 0) is 0 Å². The summed E-state index contributed by atoms with van der Waals surface area (Å²) in [6, 6.07) is 51.3. The van der Waals surface area contributed by atoms with Gasteiger partial charge in [-0.2, -0.15) is 0 Å². The van der Waals surface area contributed by atoms with Gasteiger partial charge < -0.3 is 0 Å². The zero-order valence-corrected chi connectivity index (χ0v) is 27.0. The molecular weight excluding hydrogens is 617 g/mol. The van der Waals surface area contributed by atoms with Crippen LogP contribution in [-0.4, -0.2) is 19.9 Å². The number of fused-ring (bicyclic) bond motifs is 7. The Labute approximate surface area is 286 Å². The van der Waals surface area contributed by atoms with Crippen LogP contribution in [0.15, 0.2) is 158 Å². The first kappa shape index (κ1) is 27.8. The second kappa shape index (κ2) is 11.2. The molecule has 228 valence electrons. The molecule has 0 amide bonds. The summed E-state index contributed by atoms with van der Waals surface area (Å²) in [6.45, 7) is 0. The van der Waals surface area contributed by atoms with Crippen LogP contribution in [0.1, 0.15) is 0 Å². The van der Waals surface area contributed by atoms with Gasteiger partial charge in [-0.15, -0.1) is 11.3 Å². The Hall–Kier alpha value is -6.30. The van der Waals surface area contributed by atoms with Gasteiger partial charge in [0, 0.05) is 49.9 Å². The number of hydrogen-bond donors (Lipinski definition) is 0. The fourth-order valence-corrected chi connectivity index (χ4v) is 8.21. The van der Waals surface area contributed by atoms with Crippen molar-refractivity contribution >= 4 is 63.8 Å². The number of aromatic nitrogens is 4. The van der Waals surface area contributed by atoms with Crippen LogP contribution in [0.5, 0.6) is 0 Å². The van der Waals surface area contributed by atoms with Crippen LogP contribution in [0, 0.1) is 0 Å². The second-order valence-corrected chi connectivity index (χ2v) is 13.3. The van der Waals surface area contributed by atoms with Crippen molar-refractivity contribution in [3.63, 3.8) is 0 Å². The van der Waals surface area contributed by atoms with Gasteiger partial charge in [-0.3, -0.25) is 4.98 Å². The third-order valence-corrected chi connectivity index (χ3v) is 10.6. The molecule has 49 heavy (non-hydrogen) atoms. The van der Waals surface area contributed by atoms with Crippen molar-refractivity contribution in [3.05, 3.63) is 158 Å². The number of rotatable bonds is 4. The van der Waals surface area contributed by atoms with E-state index in [-0.39, 0.29) is 0 Å². The zero-order chi connectivity index (χ0) is 32.3. The lowest BCUT2D eigenvalue weighted by Crippen LogP contribution is -2.00. The maximum Gasteiger partial charge on any atom is 0.164 e. The topological polar surface area (TPSA) is 51.6 Å². The van der Waals surface area contributed by atoms with E-state index < -0.39 is 0 Å². The van der Waals surface area contributed by atoms with Crippen LogP contribution >= 0.6 is 11.3 Å². The molecule has 0 bridgehead atoms. The highest BCUT2D eigenvalue weighted by atomic mass is 32.1. The third-order valence-electron chi connectivity index (χ3n) is 9.40. The van der Waals surface area contributed by atoms with Crippen LogP contribution in [0.3, 0.4) is 0 Å². The molecule has 3 aromatic heterocycles. The van der Waals surface area contributed by atoms with Crippen molar-refractivity contribution in [1.29, 1.82) is 0 Å². The van der Waals surface area contributed by atoms with Gasteiger partial charge in [-0.25, -0.2) is 15.0 Å². The van der Waals surface area contributed by atoms with E-state index in [4.69, 9.17) is 15.0 Å². The van der Waals surface area contributed by atoms with Gasteiger partial charge in [0.2, 0.25) is 0 Å². The molecule has 0 aliphatic rings. The van der Waals surface area contributed by atoms with E-state index >= 15 is 0 Å². The highest BCUT2D eigenvalue weighted by molar-refractivity contribution is 7.26. The average Bonchev–Trinajstić information content (AvgIpc) is 3.56. The first-order valence-electron chi connectivity index (χ1n) is 16.3. The van der Waals surface area contributed by atoms with E-state index in [2.05, 4.69) is 120 Å². The molecular formula is C44H26N4S. The Kier molecular flexibility index (Phi) is 6.32. The third kappa shape index (κ3) is 4.66. The summed E-state index contributed by atoms with van der Waals surface area (Å²) < 4.78 is 2.52. The largest absolute Gasteiger partial charge is 0.263 e. The quantitative estimate of drug-likeness (QED) is 0.192. The normalized spacial score (nSPS) is 11.7. The number of hydrogen-bond acceptors (Lipinski definition) is 5. The van der Waals surface area contributed by atoms with E-state index in [1.165, 1.54) is 52.8 Å². The maximum atomic E-state index is 5.06. The molecule has 0 radical (unpaired) electrons. The monoisotopic (exact) mass is 642 g/mol. The molecule has 0 saturated heterocycles. The Morgan fingerprint density at radius 3 is 1.84 bits per heavy atom. The van der Waals surface area contributed by atoms with Gasteiger partial charge in [-0.1, -0.05) is 127 Å². The first-order chi connectivity index (χ1) is 24.3. The lowest BCUT2D eigenvalue weighted by Gasteiger charge is -2.13. The average molecular weight is 643 g/mol.